The van der Waals surface area contributed by atoms with Crippen LogP contribution < -0.4 is 14.8 Å². The van der Waals surface area contributed by atoms with Crippen molar-refractivity contribution in [1.29, 1.82) is 0 Å². The third-order valence-electron chi connectivity index (χ3n) is 3.54. The molecular weight excluding hydrogens is 322 g/mol. The summed E-state index contributed by atoms with van der Waals surface area (Å²) in [5, 5.41) is 6.84. The molecule has 0 aliphatic rings. The van der Waals surface area contributed by atoms with Crippen LogP contribution in [0, 0.1) is 0 Å². The zero-order chi connectivity index (χ0) is 17.6. The number of nitrogens with one attached hydrogen (secondary N) is 1. The molecule has 0 fully saturated rings. The largest absolute Gasteiger partial charge is 0.497 e. The number of amides is 1. The minimum Gasteiger partial charge on any atom is -0.497 e. The van der Waals surface area contributed by atoms with Crippen molar-refractivity contribution in [1.82, 2.24) is 15.1 Å². The summed E-state index contributed by atoms with van der Waals surface area (Å²) in [6.45, 7) is 0.632. The first-order valence-electron chi connectivity index (χ1n) is 7.75. The molecule has 0 atom stereocenters. The number of aromatic nitrogens is 2. The van der Waals surface area contributed by atoms with Gasteiger partial charge in [-0.3, -0.25) is 9.48 Å². The summed E-state index contributed by atoms with van der Waals surface area (Å²) in [4.78, 5) is 12.1. The molecule has 0 bridgehead atoms. The molecule has 25 heavy (non-hydrogen) atoms. The fourth-order valence-corrected chi connectivity index (χ4v) is 2.24. The van der Waals surface area contributed by atoms with Crippen molar-refractivity contribution in [2.75, 3.05) is 7.11 Å². The van der Waals surface area contributed by atoms with Gasteiger partial charge < -0.3 is 19.2 Å². The van der Waals surface area contributed by atoms with Crippen molar-refractivity contribution in [3.8, 4) is 11.5 Å². The highest BCUT2D eigenvalue weighted by Gasteiger charge is 2.11. The zero-order valence-electron chi connectivity index (χ0n) is 14.1. The Hall–Kier alpha value is -3.22. The number of ether oxygens (including phenoxy) is 2. The molecule has 3 aromatic rings. The fourth-order valence-electron chi connectivity index (χ4n) is 2.24. The number of carbonyl (C=O) groups excluding carboxylic acids is 1. The van der Waals surface area contributed by atoms with Crippen LogP contribution in [0.15, 0.2) is 53.2 Å². The molecule has 1 aromatic carbocycles. The molecular formula is C18H19N3O4. The first-order chi connectivity index (χ1) is 12.1. The quantitative estimate of drug-likeness (QED) is 0.714. The summed E-state index contributed by atoms with van der Waals surface area (Å²) in [6.07, 6.45) is 3.55. The van der Waals surface area contributed by atoms with E-state index < -0.39 is 0 Å². The molecule has 3 rings (SSSR count). The first-order valence-corrected chi connectivity index (χ1v) is 7.75. The van der Waals surface area contributed by atoms with Gasteiger partial charge in [-0.15, -0.1) is 0 Å². The number of rotatable bonds is 7. The van der Waals surface area contributed by atoms with Crippen LogP contribution >= 0.6 is 0 Å². The Morgan fingerprint density at radius 1 is 1.20 bits per heavy atom. The van der Waals surface area contributed by atoms with E-state index in [9.17, 15) is 4.79 Å². The Labute approximate surface area is 145 Å². The summed E-state index contributed by atoms with van der Waals surface area (Å²) >= 11 is 0. The van der Waals surface area contributed by atoms with Crippen LogP contribution in [-0.2, 0) is 20.2 Å². The normalized spacial score (nSPS) is 10.5. The maximum absolute atomic E-state index is 12.1. The highest BCUT2D eigenvalue weighted by atomic mass is 16.5. The lowest BCUT2D eigenvalue weighted by molar-refractivity contribution is 0.0919. The molecule has 0 saturated heterocycles. The van der Waals surface area contributed by atoms with Crippen molar-refractivity contribution in [2.45, 2.75) is 13.2 Å². The van der Waals surface area contributed by atoms with E-state index in [-0.39, 0.29) is 18.3 Å². The SMILES string of the molecule is COc1ccc(OCc2ccc(C(=O)NCc3cnn(C)c3)o2)cc1. The number of hydrogen-bond acceptors (Lipinski definition) is 5. The number of furan rings is 1. The third kappa shape index (κ3) is 4.41. The minimum absolute atomic E-state index is 0.238. The van der Waals surface area contributed by atoms with E-state index in [1.807, 2.05) is 37.5 Å². The van der Waals surface area contributed by atoms with E-state index in [4.69, 9.17) is 13.9 Å². The van der Waals surface area contributed by atoms with Crippen LogP contribution in [0.3, 0.4) is 0 Å². The van der Waals surface area contributed by atoms with E-state index in [0.29, 0.717) is 18.1 Å². The summed E-state index contributed by atoms with van der Waals surface area (Å²) < 4.78 is 17.9. The molecule has 2 heterocycles. The van der Waals surface area contributed by atoms with E-state index in [1.54, 1.807) is 30.1 Å². The molecule has 0 spiro atoms. The third-order valence-corrected chi connectivity index (χ3v) is 3.54. The molecule has 2 aromatic heterocycles. The number of nitrogens with zero attached hydrogens (tertiary/aromatic N) is 2. The predicted molar refractivity (Wildman–Crippen MR) is 90.4 cm³/mol. The molecule has 7 nitrogen and oxygen atoms in total. The fraction of sp³-hybridized carbons (Fsp3) is 0.222. The van der Waals surface area contributed by atoms with Gasteiger partial charge in [-0.2, -0.15) is 5.10 Å². The summed E-state index contributed by atoms with van der Waals surface area (Å²) in [7, 11) is 3.44. The highest BCUT2D eigenvalue weighted by molar-refractivity contribution is 5.91. The van der Waals surface area contributed by atoms with Crippen LogP contribution in [0.1, 0.15) is 21.9 Å². The molecule has 0 aliphatic carbocycles. The maximum atomic E-state index is 12.1. The van der Waals surface area contributed by atoms with Gasteiger partial charge >= 0.3 is 0 Å². The van der Waals surface area contributed by atoms with E-state index in [0.717, 1.165) is 11.3 Å². The zero-order valence-corrected chi connectivity index (χ0v) is 14.1. The van der Waals surface area contributed by atoms with Crippen LogP contribution in [0.2, 0.25) is 0 Å². The van der Waals surface area contributed by atoms with Gasteiger partial charge in [-0.25, -0.2) is 0 Å². The average molecular weight is 341 g/mol. The van der Waals surface area contributed by atoms with Gasteiger partial charge in [-0.05, 0) is 36.4 Å². The Kier molecular flexibility index (Phi) is 5.03. The molecule has 0 radical (unpaired) electrons. The Bertz CT molecular complexity index is 836. The number of aryl methyl sites for hydroxylation is 1. The lowest BCUT2D eigenvalue weighted by atomic mass is 10.3. The monoisotopic (exact) mass is 341 g/mol. The van der Waals surface area contributed by atoms with Gasteiger partial charge in [0.2, 0.25) is 0 Å². The number of carbonyl (C=O) groups is 1. The molecule has 130 valence electrons. The van der Waals surface area contributed by atoms with Gasteiger partial charge in [0.25, 0.3) is 5.91 Å². The molecule has 0 aliphatic heterocycles. The lowest BCUT2D eigenvalue weighted by Crippen LogP contribution is -2.22. The van der Waals surface area contributed by atoms with Crippen molar-refractivity contribution in [3.63, 3.8) is 0 Å². The van der Waals surface area contributed by atoms with Crippen LogP contribution in [0.25, 0.3) is 0 Å². The molecule has 0 saturated carbocycles. The second kappa shape index (κ2) is 7.57. The smallest absolute Gasteiger partial charge is 0.287 e. The standard InChI is InChI=1S/C18H19N3O4/c1-21-11-13(10-20-21)9-19-18(22)17-8-7-16(25-17)12-24-15-5-3-14(23-2)4-6-15/h3-8,10-11H,9,12H2,1-2H3,(H,19,22). The predicted octanol–water partition coefficient (Wildman–Crippen LogP) is 2.53. The van der Waals surface area contributed by atoms with Crippen LogP contribution in [-0.4, -0.2) is 22.8 Å². The summed E-state index contributed by atoms with van der Waals surface area (Å²) in [5.41, 5.74) is 0.922. The maximum Gasteiger partial charge on any atom is 0.287 e. The van der Waals surface area contributed by atoms with Crippen molar-refractivity contribution >= 4 is 5.91 Å². The van der Waals surface area contributed by atoms with Crippen molar-refractivity contribution in [3.05, 3.63) is 65.9 Å². The van der Waals surface area contributed by atoms with Gasteiger partial charge in [0.05, 0.1) is 13.3 Å². The Balaban J connectivity index is 1.51. The molecule has 0 unspecified atom stereocenters. The second-order valence-corrected chi connectivity index (χ2v) is 5.44. The van der Waals surface area contributed by atoms with E-state index in [1.165, 1.54) is 0 Å². The number of hydrogen-bond donors (Lipinski definition) is 1. The summed E-state index contributed by atoms with van der Waals surface area (Å²) in [6, 6.07) is 10.6. The Morgan fingerprint density at radius 3 is 2.64 bits per heavy atom. The van der Waals surface area contributed by atoms with Crippen molar-refractivity contribution in [2.24, 2.45) is 7.05 Å². The van der Waals surface area contributed by atoms with Gasteiger partial charge in [0, 0.05) is 25.4 Å². The average Bonchev–Trinajstić information content (AvgIpc) is 3.27. The molecule has 1 amide bonds. The molecule has 1 N–H and O–H groups in total. The highest BCUT2D eigenvalue weighted by Crippen LogP contribution is 2.19. The Morgan fingerprint density at radius 2 is 1.96 bits per heavy atom. The summed E-state index contributed by atoms with van der Waals surface area (Å²) in [5.74, 6) is 2.00. The second-order valence-electron chi connectivity index (χ2n) is 5.44. The van der Waals surface area contributed by atoms with Gasteiger partial charge in [-0.1, -0.05) is 0 Å². The van der Waals surface area contributed by atoms with Crippen LogP contribution in [0.5, 0.6) is 11.5 Å². The van der Waals surface area contributed by atoms with Gasteiger partial charge in [0.1, 0.15) is 23.9 Å². The molecule has 7 heteroatoms. The first kappa shape index (κ1) is 16.6. The van der Waals surface area contributed by atoms with Crippen LogP contribution in [0.4, 0.5) is 0 Å². The van der Waals surface area contributed by atoms with E-state index in [2.05, 4.69) is 10.4 Å². The number of methoxy groups -OCH3 is 1. The van der Waals surface area contributed by atoms with Crippen molar-refractivity contribution < 1.29 is 18.7 Å². The topological polar surface area (TPSA) is 78.5 Å². The lowest BCUT2D eigenvalue weighted by Gasteiger charge is -2.05. The van der Waals surface area contributed by atoms with Gasteiger partial charge in [0.15, 0.2) is 5.76 Å². The number of benzene rings is 1. The van der Waals surface area contributed by atoms with E-state index >= 15 is 0 Å². The minimum atomic E-state index is -0.278.